The van der Waals surface area contributed by atoms with E-state index >= 15 is 0 Å². The second kappa shape index (κ2) is 5.86. The van der Waals surface area contributed by atoms with Crippen molar-refractivity contribution in [3.8, 4) is 0 Å². The predicted octanol–water partition coefficient (Wildman–Crippen LogP) is 3.18. The number of amides is 1. The van der Waals surface area contributed by atoms with Gasteiger partial charge in [0, 0.05) is 24.7 Å². The minimum absolute atomic E-state index is 0.112. The minimum Gasteiger partial charge on any atom is -0.339 e. The van der Waals surface area contributed by atoms with Gasteiger partial charge in [0.15, 0.2) is 0 Å². The largest absolute Gasteiger partial charge is 0.339 e. The summed E-state index contributed by atoms with van der Waals surface area (Å²) in [5, 5.41) is 2.28. The van der Waals surface area contributed by atoms with Crippen molar-refractivity contribution in [1.82, 2.24) is 4.90 Å². The second-order valence-electron chi connectivity index (χ2n) is 6.05. The number of fused-ring (bicyclic) bond motifs is 1. The van der Waals surface area contributed by atoms with Crippen molar-refractivity contribution in [3.63, 3.8) is 0 Å². The number of carbonyl (C=O) groups is 1. The van der Waals surface area contributed by atoms with Crippen LogP contribution in [0.5, 0.6) is 0 Å². The molecule has 21 heavy (non-hydrogen) atoms. The molecule has 3 heteroatoms. The lowest BCUT2D eigenvalue weighted by Gasteiger charge is -2.33. The number of hydrogen-bond acceptors (Lipinski definition) is 2. The molecule has 1 amide bonds. The molecule has 2 N–H and O–H groups in total. The first kappa shape index (κ1) is 14.1. The van der Waals surface area contributed by atoms with E-state index in [-0.39, 0.29) is 5.91 Å². The summed E-state index contributed by atoms with van der Waals surface area (Å²) in [6.07, 6.45) is 4.05. The molecular formula is C18H22N2O. The summed E-state index contributed by atoms with van der Waals surface area (Å²) in [7, 11) is 1.92. The van der Waals surface area contributed by atoms with Crippen LogP contribution in [-0.2, 0) is 0 Å². The fourth-order valence-corrected chi connectivity index (χ4v) is 3.18. The van der Waals surface area contributed by atoms with E-state index in [9.17, 15) is 4.79 Å². The van der Waals surface area contributed by atoms with E-state index in [1.807, 2.05) is 48.3 Å². The van der Waals surface area contributed by atoms with Crippen LogP contribution in [0, 0.1) is 0 Å². The van der Waals surface area contributed by atoms with Crippen LogP contribution in [0.25, 0.3) is 10.8 Å². The molecule has 0 atom stereocenters. The Labute approximate surface area is 125 Å². The van der Waals surface area contributed by atoms with Gasteiger partial charge < -0.3 is 10.6 Å². The highest BCUT2D eigenvalue weighted by Crippen LogP contribution is 2.23. The first-order chi connectivity index (χ1) is 10.1. The molecule has 0 radical (unpaired) electrons. The van der Waals surface area contributed by atoms with Crippen molar-refractivity contribution in [2.45, 2.75) is 37.8 Å². The summed E-state index contributed by atoms with van der Waals surface area (Å²) >= 11 is 0. The zero-order valence-corrected chi connectivity index (χ0v) is 12.5. The van der Waals surface area contributed by atoms with Crippen LogP contribution < -0.4 is 5.73 Å². The maximum Gasteiger partial charge on any atom is 0.253 e. The maximum absolute atomic E-state index is 12.7. The van der Waals surface area contributed by atoms with Crippen molar-refractivity contribution in [2.24, 2.45) is 5.73 Å². The molecule has 3 rings (SSSR count). The van der Waals surface area contributed by atoms with Gasteiger partial charge in [0.25, 0.3) is 5.91 Å². The van der Waals surface area contributed by atoms with Gasteiger partial charge in [-0.15, -0.1) is 0 Å². The zero-order valence-electron chi connectivity index (χ0n) is 12.5. The van der Waals surface area contributed by atoms with Gasteiger partial charge in [-0.05, 0) is 48.6 Å². The zero-order chi connectivity index (χ0) is 14.8. The molecule has 0 saturated heterocycles. The Bertz CT molecular complexity index is 644. The molecule has 1 aliphatic rings. The topological polar surface area (TPSA) is 46.3 Å². The highest BCUT2D eigenvalue weighted by molar-refractivity contribution is 5.98. The summed E-state index contributed by atoms with van der Waals surface area (Å²) in [6.45, 7) is 0. The molecule has 110 valence electrons. The van der Waals surface area contributed by atoms with Crippen molar-refractivity contribution >= 4 is 16.7 Å². The number of benzene rings is 2. The van der Waals surface area contributed by atoms with Gasteiger partial charge in [0.1, 0.15) is 0 Å². The van der Waals surface area contributed by atoms with E-state index in [0.29, 0.717) is 12.1 Å². The fourth-order valence-electron chi connectivity index (χ4n) is 3.18. The maximum atomic E-state index is 12.7. The second-order valence-corrected chi connectivity index (χ2v) is 6.05. The molecule has 2 aromatic rings. The van der Waals surface area contributed by atoms with Crippen LogP contribution in [0.15, 0.2) is 42.5 Å². The molecule has 1 saturated carbocycles. The molecule has 0 aliphatic heterocycles. The molecule has 0 unspecified atom stereocenters. The lowest BCUT2D eigenvalue weighted by molar-refractivity contribution is 0.0690. The summed E-state index contributed by atoms with van der Waals surface area (Å²) in [4.78, 5) is 14.6. The Hall–Kier alpha value is -1.87. The van der Waals surface area contributed by atoms with Crippen LogP contribution in [0.1, 0.15) is 36.0 Å². The third-order valence-electron chi connectivity index (χ3n) is 4.61. The van der Waals surface area contributed by atoms with Crippen LogP contribution in [0.2, 0.25) is 0 Å². The summed E-state index contributed by atoms with van der Waals surface area (Å²) < 4.78 is 0. The Balaban J connectivity index is 1.79. The first-order valence-electron chi connectivity index (χ1n) is 7.66. The monoisotopic (exact) mass is 282 g/mol. The van der Waals surface area contributed by atoms with Gasteiger partial charge in [0.05, 0.1) is 0 Å². The third kappa shape index (κ3) is 2.93. The lowest BCUT2D eigenvalue weighted by Crippen LogP contribution is -2.41. The van der Waals surface area contributed by atoms with E-state index in [0.717, 1.165) is 36.6 Å². The molecule has 2 aromatic carbocycles. The van der Waals surface area contributed by atoms with E-state index in [4.69, 9.17) is 5.73 Å². The molecule has 1 fully saturated rings. The van der Waals surface area contributed by atoms with Gasteiger partial charge in [-0.2, -0.15) is 0 Å². The SMILES string of the molecule is CN(C(=O)c1ccc2ccccc2c1)C1CCC(N)CC1. The normalized spacial score (nSPS) is 22.2. The predicted molar refractivity (Wildman–Crippen MR) is 86.3 cm³/mol. The summed E-state index contributed by atoms with van der Waals surface area (Å²) in [5.41, 5.74) is 6.71. The highest BCUT2D eigenvalue weighted by Gasteiger charge is 2.25. The van der Waals surface area contributed by atoms with Crippen LogP contribution >= 0.6 is 0 Å². The molecule has 0 aromatic heterocycles. The average Bonchev–Trinajstić information content (AvgIpc) is 2.54. The van der Waals surface area contributed by atoms with Crippen LogP contribution in [0.3, 0.4) is 0 Å². The number of rotatable bonds is 2. The lowest BCUT2D eigenvalue weighted by atomic mass is 9.90. The third-order valence-corrected chi connectivity index (χ3v) is 4.61. The van der Waals surface area contributed by atoms with Gasteiger partial charge in [-0.1, -0.05) is 30.3 Å². The Morgan fingerprint density at radius 3 is 2.43 bits per heavy atom. The number of hydrogen-bond donors (Lipinski definition) is 1. The number of nitrogens with two attached hydrogens (primary N) is 1. The minimum atomic E-state index is 0.112. The van der Waals surface area contributed by atoms with E-state index < -0.39 is 0 Å². The van der Waals surface area contributed by atoms with E-state index in [1.165, 1.54) is 5.39 Å². The van der Waals surface area contributed by atoms with Gasteiger partial charge in [-0.25, -0.2) is 0 Å². The first-order valence-corrected chi connectivity index (χ1v) is 7.66. The highest BCUT2D eigenvalue weighted by atomic mass is 16.2. The summed E-state index contributed by atoms with van der Waals surface area (Å²) in [6, 6.07) is 14.7. The smallest absolute Gasteiger partial charge is 0.253 e. The van der Waals surface area contributed by atoms with E-state index in [2.05, 4.69) is 6.07 Å². The molecule has 0 spiro atoms. The Morgan fingerprint density at radius 2 is 1.71 bits per heavy atom. The Kier molecular flexibility index (Phi) is 3.93. The van der Waals surface area contributed by atoms with Crippen LogP contribution in [0.4, 0.5) is 0 Å². The quantitative estimate of drug-likeness (QED) is 0.919. The fraction of sp³-hybridized carbons (Fsp3) is 0.389. The van der Waals surface area contributed by atoms with Crippen molar-refractivity contribution in [1.29, 1.82) is 0 Å². The number of nitrogens with zero attached hydrogens (tertiary/aromatic N) is 1. The number of carbonyl (C=O) groups excluding carboxylic acids is 1. The van der Waals surface area contributed by atoms with Crippen molar-refractivity contribution in [2.75, 3.05) is 7.05 Å². The molecule has 0 bridgehead atoms. The molecule has 1 aliphatic carbocycles. The molecular weight excluding hydrogens is 260 g/mol. The molecule has 0 heterocycles. The standard InChI is InChI=1S/C18H22N2O/c1-20(17-10-8-16(19)9-11-17)18(21)15-7-6-13-4-2-3-5-14(13)12-15/h2-7,12,16-17H,8-11,19H2,1H3. The van der Waals surface area contributed by atoms with Crippen molar-refractivity contribution in [3.05, 3.63) is 48.0 Å². The Morgan fingerprint density at radius 1 is 1.05 bits per heavy atom. The molecule has 3 nitrogen and oxygen atoms in total. The van der Waals surface area contributed by atoms with Crippen molar-refractivity contribution < 1.29 is 4.79 Å². The van der Waals surface area contributed by atoms with Crippen LogP contribution in [-0.4, -0.2) is 29.9 Å². The summed E-state index contributed by atoms with van der Waals surface area (Å²) in [5.74, 6) is 0.112. The average molecular weight is 282 g/mol. The van der Waals surface area contributed by atoms with Gasteiger partial charge >= 0.3 is 0 Å². The van der Waals surface area contributed by atoms with Gasteiger partial charge in [-0.3, -0.25) is 4.79 Å². The van der Waals surface area contributed by atoms with Gasteiger partial charge in [0.2, 0.25) is 0 Å². The van der Waals surface area contributed by atoms with E-state index in [1.54, 1.807) is 0 Å².